The molecule has 278 valence electrons. The standard InChI is InChI=1S/C42H47N3O8/c1-51-27-32-37(29-15-6-4-7-16-29)52-41(50)35-33-21-22-42(53-33)36(35)39(48)45(24-11-2-3-13-25-46)38(42)40(49)44(23-12-5-8-18-34(47)43-32)31-20-19-28-14-9-10-17-30(28)26-31/h4-7,9-10,12,14-17,19-22,26,32-33,35-38,46H,2-3,8,11,13,18,23-25,27H2,1H3,(H,43,47)/b12-5-/t32-,33+,35-,36-,37-,38+,42-/m1/s1. The molecule has 11 heteroatoms. The number of aliphatic hydroxyl groups is 1. The van der Waals surface area contributed by atoms with E-state index < -0.39 is 47.7 Å². The zero-order chi connectivity index (χ0) is 37.0. The molecule has 53 heavy (non-hydrogen) atoms. The van der Waals surface area contributed by atoms with Crippen molar-refractivity contribution < 1.29 is 38.5 Å². The summed E-state index contributed by atoms with van der Waals surface area (Å²) in [6.07, 6.45) is 9.04. The van der Waals surface area contributed by atoms with Crippen LogP contribution in [0, 0.1) is 11.8 Å². The van der Waals surface area contributed by atoms with E-state index in [0.29, 0.717) is 37.1 Å². The second-order valence-corrected chi connectivity index (χ2v) is 14.3. The summed E-state index contributed by atoms with van der Waals surface area (Å²) in [5, 5.41) is 14.3. The molecule has 7 rings (SSSR count). The molecule has 2 N–H and O–H groups in total. The van der Waals surface area contributed by atoms with Gasteiger partial charge in [0.05, 0.1) is 24.7 Å². The first kappa shape index (κ1) is 36.5. The molecule has 0 unspecified atom stereocenters. The molecule has 5 bridgehead atoms. The van der Waals surface area contributed by atoms with Crippen LogP contribution in [0.3, 0.4) is 0 Å². The van der Waals surface area contributed by atoms with Gasteiger partial charge in [0.15, 0.2) is 0 Å². The average Bonchev–Trinajstić information content (AvgIpc) is 3.82. The van der Waals surface area contributed by atoms with Gasteiger partial charge in [-0.25, -0.2) is 0 Å². The van der Waals surface area contributed by atoms with Crippen molar-refractivity contribution in [2.45, 2.75) is 68.4 Å². The molecule has 1 spiro atoms. The quantitative estimate of drug-likeness (QED) is 0.176. The lowest BCUT2D eigenvalue weighted by atomic mass is 9.74. The number of fused-ring (bicyclic) bond motifs is 3. The van der Waals surface area contributed by atoms with E-state index in [4.69, 9.17) is 14.2 Å². The van der Waals surface area contributed by atoms with Crippen molar-refractivity contribution in [2.24, 2.45) is 11.8 Å². The third kappa shape index (κ3) is 7.13. The summed E-state index contributed by atoms with van der Waals surface area (Å²) in [5.74, 6) is -3.54. The Balaban J connectivity index is 1.31. The van der Waals surface area contributed by atoms with Crippen LogP contribution in [-0.4, -0.2) is 90.9 Å². The Morgan fingerprint density at radius 3 is 2.47 bits per heavy atom. The van der Waals surface area contributed by atoms with Gasteiger partial charge in [-0.05, 0) is 47.7 Å². The van der Waals surface area contributed by atoms with Gasteiger partial charge in [0, 0.05) is 38.9 Å². The Kier molecular flexibility index (Phi) is 11.0. The molecule has 0 aliphatic carbocycles. The first-order valence-corrected chi connectivity index (χ1v) is 18.6. The number of rotatable bonds is 10. The molecule has 7 atom stereocenters. The van der Waals surface area contributed by atoms with Crippen molar-refractivity contribution in [2.75, 3.05) is 38.3 Å². The van der Waals surface area contributed by atoms with Crippen LogP contribution in [0.5, 0.6) is 0 Å². The summed E-state index contributed by atoms with van der Waals surface area (Å²) < 4.78 is 18.5. The number of nitrogens with zero attached hydrogens (tertiary/aromatic N) is 2. The van der Waals surface area contributed by atoms with Gasteiger partial charge < -0.3 is 34.4 Å². The zero-order valence-electron chi connectivity index (χ0n) is 30.0. The Bertz CT molecular complexity index is 1880. The summed E-state index contributed by atoms with van der Waals surface area (Å²) in [5.41, 5.74) is -0.0653. The topological polar surface area (TPSA) is 135 Å². The fourth-order valence-electron chi connectivity index (χ4n) is 8.42. The molecular formula is C42H47N3O8. The van der Waals surface area contributed by atoms with Crippen LogP contribution < -0.4 is 10.2 Å². The Hall–Kier alpha value is -4.84. The van der Waals surface area contributed by atoms with Gasteiger partial charge in [-0.2, -0.15) is 0 Å². The average molecular weight is 722 g/mol. The third-order valence-electron chi connectivity index (χ3n) is 10.9. The largest absolute Gasteiger partial charge is 0.455 e. The zero-order valence-corrected chi connectivity index (χ0v) is 30.0. The first-order valence-electron chi connectivity index (χ1n) is 18.6. The number of carbonyl (C=O) groups is 4. The number of likely N-dealkylation sites (tertiary alicyclic amines) is 1. The van der Waals surface area contributed by atoms with Crippen LogP contribution in [0.15, 0.2) is 97.1 Å². The van der Waals surface area contributed by atoms with Crippen molar-refractivity contribution in [3.05, 3.63) is 103 Å². The number of carbonyl (C=O) groups excluding carboxylic acids is 4. The molecule has 0 radical (unpaired) electrons. The second kappa shape index (κ2) is 16.0. The highest BCUT2D eigenvalue weighted by atomic mass is 16.6. The van der Waals surface area contributed by atoms with E-state index >= 15 is 4.79 Å². The van der Waals surface area contributed by atoms with Gasteiger partial charge in [0.1, 0.15) is 23.7 Å². The minimum absolute atomic E-state index is 0.0760. The maximum absolute atomic E-state index is 15.2. The predicted octanol–water partition coefficient (Wildman–Crippen LogP) is 4.64. The van der Waals surface area contributed by atoms with Crippen LogP contribution >= 0.6 is 0 Å². The highest BCUT2D eigenvalue weighted by Gasteiger charge is 2.73. The van der Waals surface area contributed by atoms with E-state index in [1.54, 1.807) is 15.9 Å². The molecule has 4 aliphatic heterocycles. The van der Waals surface area contributed by atoms with Crippen LogP contribution in [0.4, 0.5) is 5.69 Å². The minimum atomic E-state index is -1.39. The summed E-state index contributed by atoms with van der Waals surface area (Å²) in [6.45, 7) is 0.645. The molecule has 4 aliphatic rings. The number of benzene rings is 3. The second-order valence-electron chi connectivity index (χ2n) is 14.3. The first-order chi connectivity index (χ1) is 25.9. The van der Waals surface area contributed by atoms with Crippen molar-refractivity contribution in [1.82, 2.24) is 10.2 Å². The monoisotopic (exact) mass is 721 g/mol. The normalized spacial score (nSPS) is 29.4. The number of ether oxygens (including phenoxy) is 3. The molecule has 11 nitrogen and oxygen atoms in total. The molecule has 2 saturated heterocycles. The van der Waals surface area contributed by atoms with Crippen molar-refractivity contribution >= 4 is 40.2 Å². The van der Waals surface area contributed by atoms with Gasteiger partial charge in [-0.3, -0.25) is 19.2 Å². The molecule has 2 fully saturated rings. The minimum Gasteiger partial charge on any atom is -0.455 e. The van der Waals surface area contributed by atoms with E-state index in [1.807, 2.05) is 91.0 Å². The van der Waals surface area contributed by atoms with Crippen molar-refractivity contribution in [3.63, 3.8) is 0 Å². The van der Waals surface area contributed by atoms with Crippen LogP contribution in [0.1, 0.15) is 50.2 Å². The molecule has 3 amide bonds. The number of esters is 1. The van der Waals surface area contributed by atoms with E-state index in [2.05, 4.69) is 5.32 Å². The van der Waals surface area contributed by atoms with Gasteiger partial charge >= 0.3 is 5.97 Å². The fraction of sp³-hybridized carbons (Fsp3) is 0.429. The summed E-state index contributed by atoms with van der Waals surface area (Å²) in [7, 11) is 1.52. The maximum atomic E-state index is 15.2. The summed E-state index contributed by atoms with van der Waals surface area (Å²) in [4.78, 5) is 61.0. The van der Waals surface area contributed by atoms with Gasteiger partial charge in [0.25, 0.3) is 5.91 Å². The molecule has 0 aromatic heterocycles. The molecule has 0 saturated carbocycles. The number of aliphatic hydroxyl groups excluding tert-OH is 1. The predicted molar refractivity (Wildman–Crippen MR) is 199 cm³/mol. The number of anilines is 1. The lowest BCUT2D eigenvalue weighted by molar-refractivity contribution is -0.162. The Morgan fingerprint density at radius 2 is 1.68 bits per heavy atom. The van der Waals surface area contributed by atoms with Crippen molar-refractivity contribution in [1.29, 1.82) is 0 Å². The maximum Gasteiger partial charge on any atom is 0.313 e. The van der Waals surface area contributed by atoms with E-state index in [0.717, 1.165) is 23.6 Å². The lowest BCUT2D eigenvalue weighted by Crippen LogP contribution is -2.56. The lowest BCUT2D eigenvalue weighted by Gasteiger charge is -2.36. The third-order valence-corrected chi connectivity index (χ3v) is 10.9. The Labute approximate surface area is 309 Å². The van der Waals surface area contributed by atoms with E-state index in [-0.39, 0.29) is 43.9 Å². The van der Waals surface area contributed by atoms with Gasteiger partial charge in [0.2, 0.25) is 11.8 Å². The SMILES string of the molecule is COC[C@H]1NC(=O)CC/C=C\CN(c2ccc3ccccc3c2)C(=O)[C@@H]2N(CCCCCCO)C(=O)[C@H]3[C@H](C(=O)O[C@@H]1c1ccccc1)[C@@H]1C=C[C@]23O1. The van der Waals surface area contributed by atoms with E-state index in [9.17, 15) is 19.5 Å². The number of allylic oxidation sites excluding steroid dienone is 1. The Morgan fingerprint density at radius 1 is 0.906 bits per heavy atom. The van der Waals surface area contributed by atoms with Crippen LogP contribution in [0.25, 0.3) is 10.8 Å². The number of nitrogens with one attached hydrogen (secondary N) is 1. The van der Waals surface area contributed by atoms with Crippen LogP contribution in [-0.2, 0) is 33.4 Å². The molecule has 4 heterocycles. The molecule has 3 aromatic rings. The molecular weight excluding hydrogens is 674 g/mol. The van der Waals surface area contributed by atoms with Gasteiger partial charge in [-0.15, -0.1) is 0 Å². The number of hydrogen-bond acceptors (Lipinski definition) is 8. The van der Waals surface area contributed by atoms with Crippen molar-refractivity contribution in [3.8, 4) is 0 Å². The van der Waals surface area contributed by atoms with E-state index in [1.165, 1.54) is 7.11 Å². The highest BCUT2D eigenvalue weighted by Crippen LogP contribution is 2.56. The summed E-state index contributed by atoms with van der Waals surface area (Å²) >= 11 is 0. The summed E-state index contributed by atoms with van der Waals surface area (Å²) in [6, 6.07) is 21.2. The number of cyclic esters (lactones) is 1. The highest BCUT2D eigenvalue weighted by molar-refractivity contribution is 6.06. The smallest absolute Gasteiger partial charge is 0.313 e. The van der Waals surface area contributed by atoms with Gasteiger partial charge in [-0.1, -0.05) is 97.8 Å². The van der Waals surface area contributed by atoms with Crippen LogP contribution in [0.2, 0.25) is 0 Å². The number of methoxy groups -OCH3 is 1. The number of unbranched alkanes of at least 4 members (excludes halogenated alkanes) is 3. The fourth-order valence-corrected chi connectivity index (χ4v) is 8.42. The number of amides is 3. The number of hydrogen-bond donors (Lipinski definition) is 2. The molecule has 3 aromatic carbocycles.